The monoisotopic (exact) mass is 400 g/mol. The summed E-state index contributed by atoms with van der Waals surface area (Å²) in [7, 11) is 0. The van der Waals surface area contributed by atoms with Crippen LogP contribution < -0.4 is 14.4 Å². The van der Waals surface area contributed by atoms with Crippen molar-refractivity contribution in [2.75, 3.05) is 24.7 Å². The Morgan fingerprint density at radius 3 is 2.60 bits per heavy atom. The molecule has 3 heterocycles. The van der Waals surface area contributed by atoms with E-state index in [9.17, 15) is 0 Å². The second-order valence-electron chi connectivity index (χ2n) is 7.29. The molecule has 6 heteroatoms. The van der Waals surface area contributed by atoms with Crippen LogP contribution in [-0.2, 0) is 13.0 Å². The highest BCUT2D eigenvalue weighted by molar-refractivity contribution is 5.51. The molecule has 0 aliphatic carbocycles. The summed E-state index contributed by atoms with van der Waals surface area (Å²) in [4.78, 5) is 11.3. The van der Waals surface area contributed by atoms with Gasteiger partial charge in [-0.3, -0.25) is 4.98 Å². The van der Waals surface area contributed by atoms with Gasteiger partial charge < -0.3 is 14.4 Å². The molecule has 0 N–H and O–H groups in total. The van der Waals surface area contributed by atoms with Gasteiger partial charge in [0, 0.05) is 37.8 Å². The Kier molecular flexibility index (Phi) is 6.09. The maximum atomic E-state index is 9.05. The fourth-order valence-electron chi connectivity index (χ4n) is 3.58. The predicted octanol–water partition coefficient (Wildman–Crippen LogP) is 4.07. The number of aromatic nitrogens is 2. The Hall–Kier alpha value is -3.59. The van der Waals surface area contributed by atoms with Crippen molar-refractivity contribution in [3.05, 3.63) is 77.2 Å². The Labute approximate surface area is 176 Å². The lowest BCUT2D eigenvalue weighted by molar-refractivity contribution is 0.246. The molecule has 6 nitrogen and oxygen atoms in total. The number of para-hydroxylation sites is 1. The largest absolute Gasteiger partial charge is 0.493 e. The molecule has 0 saturated heterocycles. The van der Waals surface area contributed by atoms with Crippen molar-refractivity contribution in [3.63, 3.8) is 0 Å². The molecule has 0 atom stereocenters. The molecule has 0 saturated carbocycles. The molecule has 152 valence electrons. The van der Waals surface area contributed by atoms with E-state index in [1.807, 2.05) is 43.3 Å². The van der Waals surface area contributed by atoms with Crippen LogP contribution in [0.15, 0.2) is 54.9 Å². The number of rotatable bonds is 7. The van der Waals surface area contributed by atoms with Crippen molar-refractivity contribution >= 4 is 5.82 Å². The van der Waals surface area contributed by atoms with Crippen molar-refractivity contribution in [2.45, 2.75) is 26.3 Å². The van der Waals surface area contributed by atoms with E-state index in [4.69, 9.17) is 14.7 Å². The Bertz CT molecular complexity index is 1050. The SMILES string of the molecule is Cc1cc(C#N)cnc1N1CCc2ncc(OCCCOc3ccccc3)cc2C1. The number of anilines is 1. The van der Waals surface area contributed by atoms with Gasteiger partial charge in [0.1, 0.15) is 23.4 Å². The molecule has 0 bridgehead atoms. The zero-order chi connectivity index (χ0) is 20.8. The number of pyridine rings is 2. The first-order chi connectivity index (χ1) is 14.7. The van der Waals surface area contributed by atoms with Gasteiger partial charge in [0.15, 0.2) is 0 Å². The van der Waals surface area contributed by atoms with Crippen LogP contribution >= 0.6 is 0 Å². The minimum Gasteiger partial charge on any atom is -0.493 e. The maximum absolute atomic E-state index is 9.05. The van der Waals surface area contributed by atoms with E-state index in [-0.39, 0.29) is 0 Å². The third kappa shape index (κ3) is 4.69. The van der Waals surface area contributed by atoms with Crippen molar-refractivity contribution in [3.8, 4) is 17.6 Å². The smallest absolute Gasteiger partial charge is 0.137 e. The highest BCUT2D eigenvalue weighted by Crippen LogP contribution is 2.27. The van der Waals surface area contributed by atoms with Crippen molar-refractivity contribution in [2.24, 2.45) is 0 Å². The zero-order valence-corrected chi connectivity index (χ0v) is 17.0. The minimum absolute atomic E-state index is 0.577. The lowest BCUT2D eigenvalue weighted by Crippen LogP contribution is -2.32. The van der Waals surface area contributed by atoms with Gasteiger partial charge in [0.2, 0.25) is 0 Å². The average Bonchev–Trinajstić information content (AvgIpc) is 2.79. The molecule has 1 aliphatic rings. The van der Waals surface area contributed by atoms with Gasteiger partial charge in [0.05, 0.1) is 25.0 Å². The van der Waals surface area contributed by atoms with E-state index >= 15 is 0 Å². The highest BCUT2D eigenvalue weighted by Gasteiger charge is 2.20. The first-order valence-corrected chi connectivity index (χ1v) is 10.1. The fraction of sp³-hybridized carbons (Fsp3) is 0.292. The van der Waals surface area contributed by atoms with Crippen LogP contribution in [0.2, 0.25) is 0 Å². The first kappa shape index (κ1) is 19.7. The Morgan fingerprint density at radius 2 is 1.83 bits per heavy atom. The molecular formula is C24H24N4O2. The molecule has 0 fully saturated rings. The standard InChI is InChI=1S/C24H24N4O2/c1-18-12-19(14-25)15-27-24(18)28-9-8-23-20(17-28)13-22(16-26-23)30-11-5-10-29-21-6-3-2-4-7-21/h2-4,6-7,12-13,15-16H,5,8-11,17H2,1H3. The van der Waals surface area contributed by atoms with E-state index in [2.05, 4.69) is 27.0 Å². The van der Waals surface area contributed by atoms with Gasteiger partial charge in [-0.25, -0.2) is 4.98 Å². The summed E-state index contributed by atoms with van der Waals surface area (Å²) in [5, 5.41) is 9.05. The van der Waals surface area contributed by atoms with Crippen LogP contribution in [0, 0.1) is 18.3 Å². The van der Waals surface area contributed by atoms with Crippen LogP contribution in [0.1, 0.15) is 28.8 Å². The molecule has 0 amide bonds. The maximum Gasteiger partial charge on any atom is 0.137 e. The van der Waals surface area contributed by atoms with Crippen LogP contribution in [0.25, 0.3) is 0 Å². The van der Waals surface area contributed by atoms with E-state index in [0.29, 0.717) is 18.8 Å². The molecule has 0 unspecified atom stereocenters. The fourth-order valence-corrected chi connectivity index (χ4v) is 3.58. The number of hydrogen-bond donors (Lipinski definition) is 0. The lowest BCUT2D eigenvalue weighted by Gasteiger charge is -2.30. The quantitative estimate of drug-likeness (QED) is 0.557. The normalized spacial score (nSPS) is 12.7. The zero-order valence-electron chi connectivity index (χ0n) is 17.0. The van der Waals surface area contributed by atoms with Crippen LogP contribution in [0.5, 0.6) is 11.5 Å². The summed E-state index contributed by atoms with van der Waals surface area (Å²) in [5.74, 6) is 2.57. The molecule has 1 aliphatic heterocycles. The molecule has 1 aromatic carbocycles. The average molecular weight is 400 g/mol. The molecular weight excluding hydrogens is 376 g/mol. The van der Waals surface area contributed by atoms with Gasteiger partial charge in [0.25, 0.3) is 0 Å². The topological polar surface area (TPSA) is 71.3 Å². The summed E-state index contributed by atoms with van der Waals surface area (Å²) in [6, 6.07) is 15.9. The molecule has 0 spiro atoms. The van der Waals surface area contributed by atoms with Crippen molar-refractivity contribution in [1.29, 1.82) is 5.26 Å². The van der Waals surface area contributed by atoms with Gasteiger partial charge in [-0.2, -0.15) is 5.26 Å². The number of ether oxygens (including phenoxy) is 2. The summed E-state index contributed by atoms with van der Waals surface area (Å²) in [6.45, 7) is 4.77. The molecule has 30 heavy (non-hydrogen) atoms. The molecule has 3 aromatic rings. The second-order valence-corrected chi connectivity index (χ2v) is 7.29. The van der Waals surface area contributed by atoms with Crippen molar-refractivity contribution in [1.82, 2.24) is 9.97 Å². The third-order valence-electron chi connectivity index (χ3n) is 5.06. The van der Waals surface area contributed by atoms with Crippen LogP contribution in [0.4, 0.5) is 5.82 Å². The summed E-state index contributed by atoms with van der Waals surface area (Å²) in [5.41, 5.74) is 3.86. The van der Waals surface area contributed by atoms with Gasteiger partial charge in [-0.15, -0.1) is 0 Å². The number of fused-ring (bicyclic) bond motifs is 1. The first-order valence-electron chi connectivity index (χ1n) is 10.1. The van der Waals surface area contributed by atoms with Gasteiger partial charge in [-0.05, 0) is 42.3 Å². The third-order valence-corrected chi connectivity index (χ3v) is 5.06. The predicted molar refractivity (Wildman–Crippen MR) is 115 cm³/mol. The number of aryl methyl sites for hydroxylation is 1. The highest BCUT2D eigenvalue weighted by atomic mass is 16.5. The second kappa shape index (κ2) is 9.27. The van der Waals surface area contributed by atoms with E-state index in [0.717, 1.165) is 60.1 Å². The number of benzene rings is 1. The number of nitrogens with zero attached hydrogens (tertiary/aromatic N) is 4. The molecule has 2 aromatic heterocycles. The van der Waals surface area contributed by atoms with E-state index in [1.54, 1.807) is 12.4 Å². The van der Waals surface area contributed by atoms with E-state index < -0.39 is 0 Å². The summed E-state index contributed by atoms with van der Waals surface area (Å²) < 4.78 is 11.6. The van der Waals surface area contributed by atoms with Crippen molar-refractivity contribution < 1.29 is 9.47 Å². The van der Waals surface area contributed by atoms with Gasteiger partial charge in [-0.1, -0.05) is 18.2 Å². The van der Waals surface area contributed by atoms with Crippen LogP contribution in [-0.4, -0.2) is 29.7 Å². The summed E-state index contributed by atoms with van der Waals surface area (Å²) in [6.07, 6.45) is 5.10. The molecule has 0 radical (unpaired) electrons. The lowest BCUT2D eigenvalue weighted by atomic mass is 10.0. The Morgan fingerprint density at radius 1 is 1.03 bits per heavy atom. The number of nitriles is 1. The Balaban J connectivity index is 1.33. The minimum atomic E-state index is 0.577. The van der Waals surface area contributed by atoms with E-state index in [1.165, 1.54) is 0 Å². The van der Waals surface area contributed by atoms with Gasteiger partial charge >= 0.3 is 0 Å². The number of hydrogen-bond acceptors (Lipinski definition) is 6. The summed E-state index contributed by atoms with van der Waals surface area (Å²) >= 11 is 0. The van der Waals surface area contributed by atoms with Crippen LogP contribution in [0.3, 0.4) is 0 Å². The molecule has 4 rings (SSSR count).